The van der Waals surface area contributed by atoms with E-state index in [1.807, 2.05) is 6.08 Å². The van der Waals surface area contributed by atoms with Crippen LogP contribution in [0.1, 0.15) is 13.3 Å². The molecule has 0 saturated carbocycles. The van der Waals surface area contributed by atoms with E-state index in [-0.39, 0.29) is 0 Å². The molecule has 62 valence electrons. The van der Waals surface area contributed by atoms with Crippen LogP contribution in [0.25, 0.3) is 0 Å². The minimum Gasteiger partial charge on any atom is -0.273 e. The quantitative estimate of drug-likeness (QED) is 0.549. The second kappa shape index (κ2) is 4.50. The molecule has 0 amide bonds. The van der Waals surface area contributed by atoms with Crippen LogP contribution in [0.3, 0.4) is 0 Å². The van der Waals surface area contributed by atoms with Gasteiger partial charge in [0.15, 0.2) is 0 Å². The van der Waals surface area contributed by atoms with E-state index in [1.54, 1.807) is 6.20 Å². The summed E-state index contributed by atoms with van der Waals surface area (Å²) in [6, 6.07) is 0. The maximum absolute atomic E-state index is 3.63. The Hall–Kier alpha value is -1.37. The van der Waals surface area contributed by atoms with Gasteiger partial charge in [0.05, 0.1) is 0 Å². The van der Waals surface area contributed by atoms with Gasteiger partial charge >= 0.3 is 0 Å². The molecule has 0 saturated heterocycles. The van der Waals surface area contributed by atoms with Crippen molar-refractivity contribution in [3.05, 3.63) is 47.7 Å². The minimum absolute atomic E-state index is 1.02. The van der Waals surface area contributed by atoms with Crippen LogP contribution in [0, 0.1) is 0 Å². The first kappa shape index (κ1) is 8.72. The lowest BCUT2D eigenvalue weighted by Crippen LogP contribution is -1.87. The Morgan fingerprint density at radius 3 is 3.08 bits per heavy atom. The summed E-state index contributed by atoms with van der Waals surface area (Å²) in [4.78, 5) is 3.63. The number of aliphatic imine (C=N–C) groups is 1. The molecule has 1 aliphatic rings. The zero-order valence-electron chi connectivity index (χ0n) is 7.33. The summed E-state index contributed by atoms with van der Waals surface area (Å²) >= 11 is 0. The molecule has 0 N–H and O–H groups in total. The third-order valence-corrected chi connectivity index (χ3v) is 1.82. The molecule has 1 heteroatoms. The van der Waals surface area contributed by atoms with E-state index in [9.17, 15) is 0 Å². The van der Waals surface area contributed by atoms with Gasteiger partial charge in [-0.1, -0.05) is 24.3 Å². The molecule has 0 heterocycles. The van der Waals surface area contributed by atoms with Crippen LogP contribution >= 0.6 is 0 Å². The van der Waals surface area contributed by atoms with Gasteiger partial charge < -0.3 is 0 Å². The van der Waals surface area contributed by atoms with E-state index in [0.29, 0.717) is 0 Å². The molecule has 0 aromatic carbocycles. The van der Waals surface area contributed by atoms with Crippen molar-refractivity contribution in [1.29, 1.82) is 0 Å². The summed E-state index contributed by atoms with van der Waals surface area (Å²) in [6.45, 7) is 5.48. The molecule has 0 radical (unpaired) electrons. The van der Waals surface area contributed by atoms with E-state index >= 15 is 0 Å². The molecule has 0 bridgehead atoms. The van der Waals surface area contributed by atoms with Crippen molar-refractivity contribution < 1.29 is 0 Å². The van der Waals surface area contributed by atoms with Gasteiger partial charge in [0.1, 0.15) is 0 Å². The summed E-state index contributed by atoms with van der Waals surface area (Å²) in [5.41, 5.74) is 2.67. The lowest BCUT2D eigenvalue weighted by atomic mass is 9.99. The van der Waals surface area contributed by atoms with Crippen molar-refractivity contribution in [3.8, 4) is 0 Å². The Kier molecular flexibility index (Phi) is 3.27. The third-order valence-electron chi connectivity index (χ3n) is 1.82. The first-order chi connectivity index (χ1) is 5.84. The highest BCUT2D eigenvalue weighted by Gasteiger charge is 1.98. The van der Waals surface area contributed by atoms with Gasteiger partial charge in [0.2, 0.25) is 0 Å². The molecular weight excluding hydrogens is 146 g/mol. The number of nitrogens with zero attached hydrogens (tertiary/aromatic N) is 1. The van der Waals surface area contributed by atoms with Gasteiger partial charge in [0, 0.05) is 6.20 Å². The molecule has 1 nitrogen and oxygen atoms in total. The van der Waals surface area contributed by atoms with Gasteiger partial charge in [-0.05, 0) is 37.3 Å². The number of rotatable bonds is 2. The van der Waals surface area contributed by atoms with E-state index < -0.39 is 0 Å². The lowest BCUT2D eigenvalue weighted by Gasteiger charge is -2.06. The van der Waals surface area contributed by atoms with E-state index in [2.05, 4.69) is 42.9 Å². The molecule has 1 rings (SSSR count). The molecular formula is C11H13N. The largest absolute Gasteiger partial charge is 0.273 e. The lowest BCUT2D eigenvalue weighted by molar-refractivity contribution is 1.18. The average Bonchev–Trinajstić information content (AvgIpc) is 2.09. The molecule has 0 atom stereocenters. The topological polar surface area (TPSA) is 12.4 Å². The van der Waals surface area contributed by atoms with E-state index in [1.165, 1.54) is 11.1 Å². The highest BCUT2D eigenvalue weighted by atomic mass is 14.6. The maximum atomic E-state index is 3.63. The van der Waals surface area contributed by atoms with Crippen LogP contribution < -0.4 is 0 Å². The van der Waals surface area contributed by atoms with E-state index in [0.717, 1.165) is 6.42 Å². The van der Waals surface area contributed by atoms with Gasteiger partial charge in [-0.3, -0.25) is 4.99 Å². The number of allylic oxidation sites excluding steroid dienone is 7. The highest BCUT2D eigenvalue weighted by Crippen LogP contribution is 2.18. The molecule has 0 aromatic heterocycles. The first-order valence-electron chi connectivity index (χ1n) is 4.00. The number of hydrogen-bond donors (Lipinski definition) is 0. The summed E-state index contributed by atoms with van der Waals surface area (Å²) in [5, 5.41) is 0. The summed E-state index contributed by atoms with van der Waals surface area (Å²) in [7, 11) is 0. The minimum atomic E-state index is 1.02. The smallest absolute Gasteiger partial charge is 0.0260 e. The molecule has 12 heavy (non-hydrogen) atoms. The van der Waals surface area contributed by atoms with Crippen molar-refractivity contribution in [1.82, 2.24) is 0 Å². The van der Waals surface area contributed by atoms with Crippen LogP contribution in [0.15, 0.2) is 52.7 Å². The number of hydrogen-bond acceptors (Lipinski definition) is 1. The van der Waals surface area contributed by atoms with Gasteiger partial charge in [-0.15, -0.1) is 0 Å². The van der Waals surface area contributed by atoms with Crippen molar-refractivity contribution in [2.24, 2.45) is 4.99 Å². The predicted molar refractivity (Wildman–Crippen MR) is 54.3 cm³/mol. The SMILES string of the molecule is C=N/C=C\C=C1/CC=CC=C1C. The highest BCUT2D eigenvalue weighted by molar-refractivity contribution is 5.39. The van der Waals surface area contributed by atoms with Crippen LogP contribution in [0.5, 0.6) is 0 Å². The summed E-state index contributed by atoms with van der Waals surface area (Å²) in [5.74, 6) is 0. The average molecular weight is 159 g/mol. The molecule has 1 aliphatic carbocycles. The molecule has 0 spiro atoms. The Labute approximate surface area is 73.5 Å². The molecule has 0 unspecified atom stereocenters. The van der Waals surface area contributed by atoms with Gasteiger partial charge in [-0.2, -0.15) is 0 Å². The zero-order valence-corrected chi connectivity index (χ0v) is 7.33. The Bertz CT molecular complexity index is 277. The second-order valence-corrected chi connectivity index (χ2v) is 2.70. The Morgan fingerprint density at radius 1 is 1.58 bits per heavy atom. The van der Waals surface area contributed by atoms with Crippen LogP contribution in [-0.2, 0) is 0 Å². The van der Waals surface area contributed by atoms with Crippen LogP contribution in [0.2, 0.25) is 0 Å². The van der Waals surface area contributed by atoms with Crippen molar-refractivity contribution >= 4 is 6.72 Å². The molecule has 0 aromatic rings. The predicted octanol–water partition coefficient (Wildman–Crippen LogP) is 3.03. The maximum Gasteiger partial charge on any atom is 0.0260 e. The van der Waals surface area contributed by atoms with E-state index in [4.69, 9.17) is 0 Å². The summed E-state index contributed by atoms with van der Waals surface area (Å²) < 4.78 is 0. The Balaban J connectivity index is 2.70. The van der Waals surface area contributed by atoms with Crippen molar-refractivity contribution in [3.63, 3.8) is 0 Å². The second-order valence-electron chi connectivity index (χ2n) is 2.70. The monoisotopic (exact) mass is 159 g/mol. The molecule has 0 fully saturated rings. The van der Waals surface area contributed by atoms with Gasteiger partial charge in [-0.25, -0.2) is 0 Å². The summed E-state index contributed by atoms with van der Waals surface area (Å²) in [6.07, 6.45) is 13.0. The zero-order chi connectivity index (χ0) is 8.81. The fourth-order valence-corrected chi connectivity index (χ4v) is 1.09. The Morgan fingerprint density at radius 2 is 2.42 bits per heavy atom. The fourth-order valence-electron chi connectivity index (χ4n) is 1.09. The normalized spacial score (nSPS) is 20.1. The van der Waals surface area contributed by atoms with Crippen LogP contribution in [0.4, 0.5) is 0 Å². The molecule has 0 aliphatic heterocycles. The van der Waals surface area contributed by atoms with Gasteiger partial charge in [0.25, 0.3) is 0 Å². The van der Waals surface area contributed by atoms with Crippen molar-refractivity contribution in [2.45, 2.75) is 13.3 Å². The fraction of sp³-hybridized carbons (Fsp3) is 0.182. The van der Waals surface area contributed by atoms with Crippen molar-refractivity contribution in [2.75, 3.05) is 0 Å². The third kappa shape index (κ3) is 2.35. The first-order valence-corrected chi connectivity index (χ1v) is 4.00. The standard InChI is InChI=1S/C11H13N/c1-10-6-3-4-7-11(10)8-5-9-12-2/h3-6,8-9H,2,7H2,1H3/b9-5-,11-8+. The van der Waals surface area contributed by atoms with Crippen LogP contribution in [-0.4, -0.2) is 6.72 Å².